The highest BCUT2D eigenvalue weighted by atomic mass is 16.7. The lowest BCUT2D eigenvalue weighted by molar-refractivity contribution is -0.201. The van der Waals surface area contributed by atoms with Crippen molar-refractivity contribution < 1.29 is 14.6 Å². The van der Waals surface area contributed by atoms with Crippen LogP contribution in [0.3, 0.4) is 0 Å². The van der Waals surface area contributed by atoms with Gasteiger partial charge in [-0.25, -0.2) is 0 Å². The molecule has 0 aromatic heterocycles. The van der Waals surface area contributed by atoms with E-state index in [1.54, 1.807) is 6.08 Å². The zero-order chi connectivity index (χ0) is 10.1. The maximum atomic E-state index is 8.80. The quantitative estimate of drug-likeness (QED) is 0.683. The molecule has 1 N–H and O–H groups in total. The fraction of sp³-hybridized carbons (Fsp3) is 0.818. The summed E-state index contributed by atoms with van der Waals surface area (Å²) < 4.78 is 11.5. The Bertz CT molecular complexity index is 225. The predicted octanol–water partition coefficient (Wildman–Crippen LogP) is 1.47. The van der Waals surface area contributed by atoms with Crippen LogP contribution in [0.15, 0.2) is 12.2 Å². The van der Waals surface area contributed by atoms with Gasteiger partial charge < -0.3 is 14.6 Å². The first-order chi connectivity index (χ1) is 6.72. The molecule has 1 aliphatic carbocycles. The van der Waals surface area contributed by atoms with Gasteiger partial charge >= 0.3 is 0 Å². The Morgan fingerprint density at radius 1 is 1.29 bits per heavy atom. The Labute approximate surface area is 84.7 Å². The van der Waals surface area contributed by atoms with E-state index in [9.17, 15) is 0 Å². The number of aliphatic hydroxyl groups is 1. The zero-order valence-electron chi connectivity index (χ0n) is 8.66. The van der Waals surface area contributed by atoms with Crippen molar-refractivity contribution in [1.82, 2.24) is 0 Å². The SMILES string of the molecule is C[C@]1(/C=C/CO)CCCC12OCCO2. The molecule has 1 atom stereocenters. The number of hydrogen-bond acceptors (Lipinski definition) is 3. The van der Waals surface area contributed by atoms with Crippen LogP contribution < -0.4 is 0 Å². The van der Waals surface area contributed by atoms with Crippen LogP contribution in [0, 0.1) is 5.41 Å². The fourth-order valence-electron chi connectivity index (χ4n) is 2.62. The second-order valence-corrected chi connectivity index (χ2v) is 4.31. The van der Waals surface area contributed by atoms with Gasteiger partial charge in [0, 0.05) is 11.8 Å². The Morgan fingerprint density at radius 3 is 2.64 bits per heavy atom. The molecule has 0 aromatic carbocycles. The number of hydrogen-bond donors (Lipinski definition) is 1. The molecule has 2 rings (SSSR count). The molecule has 2 fully saturated rings. The lowest BCUT2D eigenvalue weighted by Crippen LogP contribution is -2.41. The molecule has 1 saturated heterocycles. The van der Waals surface area contributed by atoms with Crippen molar-refractivity contribution in [1.29, 1.82) is 0 Å². The van der Waals surface area contributed by atoms with Crippen molar-refractivity contribution in [3.8, 4) is 0 Å². The Balaban J connectivity index is 2.19. The average molecular weight is 198 g/mol. The summed E-state index contributed by atoms with van der Waals surface area (Å²) in [5.74, 6) is -0.404. The highest BCUT2D eigenvalue weighted by molar-refractivity contribution is 5.10. The number of rotatable bonds is 2. The summed E-state index contributed by atoms with van der Waals surface area (Å²) in [7, 11) is 0. The van der Waals surface area contributed by atoms with E-state index in [2.05, 4.69) is 6.92 Å². The number of ether oxygens (including phenoxy) is 2. The van der Waals surface area contributed by atoms with Crippen molar-refractivity contribution in [2.24, 2.45) is 5.41 Å². The van der Waals surface area contributed by atoms with Gasteiger partial charge in [-0.15, -0.1) is 0 Å². The van der Waals surface area contributed by atoms with E-state index in [0.717, 1.165) is 19.3 Å². The van der Waals surface area contributed by atoms with E-state index in [1.165, 1.54) is 0 Å². The van der Waals surface area contributed by atoms with Gasteiger partial charge in [0.15, 0.2) is 5.79 Å². The molecular formula is C11H18O3. The van der Waals surface area contributed by atoms with Gasteiger partial charge in [0.2, 0.25) is 0 Å². The topological polar surface area (TPSA) is 38.7 Å². The second-order valence-electron chi connectivity index (χ2n) is 4.31. The molecule has 1 aliphatic heterocycles. The Kier molecular flexibility index (Phi) is 2.64. The second kappa shape index (κ2) is 3.65. The molecule has 0 aromatic rings. The minimum Gasteiger partial charge on any atom is -0.392 e. The molecule has 3 nitrogen and oxygen atoms in total. The van der Waals surface area contributed by atoms with E-state index in [0.29, 0.717) is 13.2 Å². The molecule has 3 heteroatoms. The smallest absolute Gasteiger partial charge is 0.177 e. The lowest BCUT2D eigenvalue weighted by Gasteiger charge is -2.36. The first-order valence-corrected chi connectivity index (χ1v) is 5.29. The van der Waals surface area contributed by atoms with Crippen molar-refractivity contribution >= 4 is 0 Å². The van der Waals surface area contributed by atoms with Crippen LogP contribution in [0.1, 0.15) is 26.2 Å². The van der Waals surface area contributed by atoms with Crippen molar-refractivity contribution in [3.63, 3.8) is 0 Å². The Morgan fingerprint density at radius 2 is 2.00 bits per heavy atom. The molecule has 80 valence electrons. The summed E-state index contributed by atoms with van der Waals surface area (Å²) in [6, 6.07) is 0. The molecule has 0 radical (unpaired) electrons. The first-order valence-electron chi connectivity index (χ1n) is 5.29. The van der Waals surface area contributed by atoms with Gasteiger partial charge in [-0.3, -0.25) is 0 Å². The zero-order valence-corrected chi connectivity index (χ0v) is 8.66. The third kappa shape index (κ3) is 1.40. The summed E-state index contributed by atoms with van der Waals surface area (Å²) in [5, 5.41) is 8.80. The standard InChI is InChI=1S/C11H18O3/c1-10(5-3-7-12)4-2-6-11(10)13-8-9-14-11/h3,5,12H,2,4,6-9H2,1H3/b5-3+/t10-/m1/s1. The molecule has 2 aliphatic rings. The molecule has 0 bridgehead atoms. The normalized spacial score (nSPS) is 36.1. The third-order valence-electron chi connectivity index (χ3n) is 3.42. The van der Waals surface area contributed by atoms with Crippen LogP contribution in [-0.4, -0.2) is 30.7 Å². The van der Waals surface area contributed by atoms with E-state index in [4.69, 9.17) is 14.6 Å². The van der Waals surface area contributed by atoms with Crippen LogP contribution in [0.2, 0.25) is 0 Å². The Hall–Kier alpha value is -0.380. The van der Waals surface area contributed by atoms with Gasteiger partial charge in [0.05, 0.1) is 19.8 Å². The minimum absolute atomic E-state index is 0.0633. The maximum absolute atomic E-state index is 8.80. The minimum atomic E-state index is -0.404. The summed E-state index contributed by atoms with van der Waals surface area (Å²) in [5.41, 5.74) is -0.0633. The average Bonchev–Trinajstić information content (AvgIpc) is 2.75. The lowest BCUT2D eigenvalue weighted by atomic mass is 9.83. The molecule has 14 heavy (non-hydrogen) atoms. The van der Waals surface area contributed by atoms with Crippen molar-refractivity contribution in [2.45, 2.75) is 32.0 Å². The van der Waals surface area contributed by atoms with Crippen LogP contribution in [0.4, 0.5) is 0 Å². The summed E-state index contributed by atoms with van der Waals surface area (Å²) in [4.78, 5) is 0. The van der Waals surface area contributed by atoms with Crippen LogP contribution >= 0.6 is 0 Å². The molecular weight excluding hydrogens is 180 g/mol. The largest absolute Gasteiger partial charge is 0.392 e. The van der Waals surface area contributed by atoms with Gasteiger partial charge in [-0.2, -0.15) is 0 Å². The van der Waals surface area contributed by atoms with Crippen molar-refractivity contribution in [3.05, 3.63) is 12.2 Å². The van der Waals surface area contributed by atoms with Gasteiger partial charge in [-0.1, -0.05) is 19.1 Å². The molecule has 0 unspecified atom stereocenters. The monoisotopic (exact) mass is 198 g/mol. The molecule has 1 spiro atoms. The van der Waals surface area contributed by atoms with Crippen molar-refractivity contribution in [2.75, 3.05) is 19.8 Å². The van der Waals surface area contributed by atoms with Gasteiger partial charge in [0.1, 0.15) is 0 Å². The predicted molar refractivity (Wildman–Crippen MR) is 52.8 cm³/mol. The molecule has 1 heterocycles. The summed E-state index contributed by atoms with van der Waals surface area (Å²) in [6.07, 6.45) is 7.01. The third-order valence-corrected chi connectivity index (χ3v) is 3.42. The van der Waals surface area contributed by atoms with E-state index < -0.39 is 5.79 Å². The summed E-state index contributed by atoms with van der Waals surface area (Å²) in [6.45, 7) is 3.63. The highest BCUT2D eigenvalue weighted by Gasteiger charge is 2.54. The van der Waals surface area contributed by atoms with E-state index in [1.807, 2.05) is 6.08 Å². The van der Waals surface area contributed by atoms with Crippen LogP contribution in [0.25, 0.3) is 0 Å². The highest BCUT2D eigenvalue weighted by Crippen LogP contribution is 2.52. The molecule has 1 saturated carbocycles. The van der Waals surface area contributed by atoms with E-state index >= 15 is 0 Å². The fourth-order valence-corrected chi connectivity index (χ4v) is 2.62. The summed E-state index contributed by atoms with van der Waals surface area (Å²) >= 11 is 0. The van der Waals surface area contributed by atoms with E-state index in [-0.39, 0.29) is 12.0 Å². The van der Waals surface area contributed by atoms with Crippen LogP contribution in [-0.2, 0) is 9.47 Å². The maximum Gasteiger partial charge on any atom is 0.177 e. The molecule has 0 amide bonds. The van der Waals surface area contributed by atoms with Gasteiger partial charge in [-0.05, 0) is 12.8 Å². The van der Waals surface area contributed by atoms with Crippen LogP contribution in [0.5, 0.6) is 0 Å². The first kappa shape index (κ1) is 10.1. The van der Waals surface area contributed by atoms with Gasteiger partial charge in [0.25, 0.3) is 0 Å². The number of aliphatic hydroxyl groups excluding tert-OH is 1.